The lowest BCUT2D eigenvalue weighted by Gasteiger charge is -2.27. The number of allylic oxidation sites excluding steroid dienone is 1. The van der Waals surface area contributed by atoms with Crippen molar-refractivity contribution in [1.82, 2.24) is 4.90 Å². The van der Waals surface area contributed by atoms with Crippen LogP contribution in [0.3, 0.4) is 0 Å². The largest absolute Gasteiger partial charge is 0.339 e. The van der Waals surface area contributed by atoms with Gasteiger partial charge in [0.15, 0.2) is 0 Å². The summed E-state index contributed by atoms with van der Waals surface area (Å²) in [5, 5.41) is 2.81. The molecule has 27 heavy (non-hydrogen) atoms. The number of amides is 2. The number of nitrogens with one attached hydrogen (secondary N) is 1. The first kappa shape index (κ1) is 18.8. The molecule has 1 N–H and O–H groups in total. The zero-order valence-corrected chi connectivity index (χ0v) is 15.4. The van der Waals surface area contributed by atoms with E-state index in [1.165, 1.54) is 18.2 Å². The molecular formula is C22H23FN2O2. The number of carbonyl (C=O) groups is 2. The number of benzene rings is 2. The molecule has 3 rings (SSSR count). The van der Waals surface area contributed by atoms with Crippen LogP contribution in [0.25, 0.3) is 5.57 Å². The highest BCUT2D eigenvalue weighted by atomic mass is 19.1. The van der Waals surface area contributed by atoms with Crippen LogP contribution in [0.1, 0.15) is 42.1 Å². The van der Waals surface area contributed by atoms with Crippen molar-refractivity contribution in [3.8, 4) is 0 Å². The summed E-state index contributed by atoms with van der Waals surface area (Å²) in [4.78, 5) is 27.1. The normalized spacial score (nSPS) is 14.7. The molecule has 2 aromatic carbocycles. The lowest BCUT2D eigenvalue weighted by atomic mass is 10.1. The van der Waals surface area contributed by atoms with Crippen molar-refractivity contribution >= 4 is 23.1 Å². The highest BCUT2D eigenvalue weighted by Crippen LogP contribution is 2.21. The predicted molar refractivity (Wildman–Crippen MR) is 105 cm³/mol. The standard InChI is InChI=1S/C22H23FN2O2/c1-16(17-9-11-18(23)12-10-17)15-21(26)24-20-8-4-3-7-19(20)22(27)25-13-5-2-6-14-25/h3-4,7-12,15H,2,5-6,13-14H2,1H3,(H,24,26)/b16-15+. The molecule has 1 fully saturated rings. The third-order valence-corrected chi connectivity index (χ3v) is 4.71. The summed E-state index contributed by atoms with van der Waals surface area (Å²) in [7, 11) is 0. The maximum absolute atomic E-state index is 13.0. The number of halogens is 1. The van der Waals surface area contributed by atoms with Gasteiger partial charge in [0.2, 0.25) is 5.91 Å². The van der Waals surface area contributed by atoms with Crippen LogP contribution in [0.2, 0.25) is 0 Å². The highest BCUT2D eigenvalue weighted by molar-refractivity contribution is 6.08. The third kappa shape index (κ3) is 4.82. The van der Waals surface area contributed by atoms with E-state index in [9.17, 15) is 14.0 Å². The Balaban J connectivity index is 1.75. The molecule has 2 amide bonds. The smallest absolute Gasteiger partial charge is 0.255 e. The van der Waals surface area contributed by atoms with E-state index in [0.717, 1.165) is 37.9 Å². The molecule has 0 aromatic heterocycles. The van der Waals surface area contributed by atoms with Crippen molar-refractivity contribution in [2.45, 2.75) is 26.2 Å². The molecule has 0 atom stereocenters. The van der Waals surface area contributed by atoms with E-state index >= 15 is 0 Å². The maximum atomic E-state index is 13.0. The quantitative estimate of drug-likeness (QED) is 0.811. The monoisotopic (exact) mass is 366 g/mol. The molecule has 4 nitrogen and oxygen atoms in total. The van der Waals surface area contributed by atoms with Crippen LogP contribution in [0.5, 0.6) is 0 Å². The Labute approximate surface area is 158 Å². The number of rotatable bonds is 4. The first-order valence-corrected chi connectivity index (χ1v) is 9.18. The van der Waals surface area contributed by atoms with Crippen molar-refractivity contribution in [3.63, 3.8) is 0 Å². The zero-order valence-electron chi connectivity index (χ0n) is 15.4. The van der Waals surface area contributed by atoms with Gasteiger partial charge in [0.25, 0.3) is 5.91 Å². The number of hydrogen-bond donors (Lipinski definition) is 1. The average molecular weight is 366 g/mol. The molecule has 1 aliphatic rings. The molecule has 0 unspecified atom stereocenters. The van der Waals surface area contributed by atoms with Gasteiger partial charge < -0.3 is 10.2 Å². The van der Waals surface area contributed by atoms with Gasteiger partial charge in [-0.2, -0.15) is 0 Å². The molecule has 0 saturated carbocycles. The third-order valence-electron chi connectivity index (χ3n) is 4.71. The van der Waals surface area contributed by atoms with E-state index in [0.29, 0.717) is 16.8 Å². The van der Waals surface area contributed by atoms with Crippen LogP contribution in [0, 0.1) is 5.82 Å². The summed E-state index contributed by atoms with van der Waals surface area (Å²) in [5.74, 6) is -0.693. The summed E-state index contributed by atoms with van der Waals surface area (Å²) in [6, 6.07) is 13.0. The maximum Gasteiger partial charge on any atom is 0.255 e. The van der Waals surface area contributed by atoms with Gasteiger partial charge in [0, 0.05) is 19.2 Å². The Morgan fingerprint density at radius 3 is 2.37 bits per heavy atom. The second kappa shape index (κ2) is 8.62. The molecule has 5 heteroatoms. The molecule has 0 radical (unpaired) electrons. The van der Waals surface area contributed by atoms with Crippen LogP contribution < -0.4 is 5.32 Å². The first-order valence-electron chi connectivity index (χ1n) is 9.18. The number of carbonyl (C=O) groups excluding carboxylic acids is 2. The Kier molecular flexibility index (Phi) is 6.01. The van der Waals surface area contributed by atoms with Crippen LogP contribution in [-0.2, 0) is 4.79 Å². The summed E-state index contributed by atoms with van der Waals surface area (Å²) >= 11 is 0. The molecule has 140 valence electrons. The molecule has 0 bridgehead atoms. The van der Waals surface area contributed by atoms with Crippen LogP contribution in [-0.4, -0.2) is 29.8 Å². The minimum atomic E-state index is -0.323. The topological polar surface area (TPSA) is 49.4 Å². The van der Waals surface area contributed by atoms with E-state index in [-0.39, 0.29) is 17.6 Å². The summed E-state index contributed by atoms with van der Waals surface area (Å²) in [5.41, 5.74) is 2.48. The molecule has 1 heterocycles. The van der Waals surface area contributed by atoms with Gasteiger partial charge in [0.05, 0.1) is 11.3 Å². The molecule has 2 aromatic rings. The number of hydrogen-bond acceptors (Lipinski definition) is 2. The van der Waals surface area contributed by atoms with E-state index in [4.69, 9.17) is 0 Å². The number of anilines is 1. The summed E-state index contributed by atoms with van der Waals surface area (Å²) in [6.45, 7) is 3.30. The Morgan fingerprint density at radius 2 is 1.67 bits per heavy atom. The van der Waals surface area contributed by atoms with Crippen LogP contribution in [0.15, 0.2) is 54.6 Å². The SMILES string of the molecule is C/C(=C\C(=O)Nc1ccccc1C(=O)N1CCCCC1)c1ccc(F)cc1. The molecular weight excluding hydrogens is 343 g/mol. The van der Waals surface area contributed by atoms with E-state index in [2.05, 4.69) is 5.32 Å². The molecule has 0 spiro atoms. The van der Waals surface area contributed by atoms with Crippen molar-refractivity contribution < 1.29 is 14.0 Å². The lowest BCUT2D eigenvalue weighted by molar-refractivity contribution is -0.111. The fourth-order valence-corrected chi connectivity index (χ4v) is 3.21. The van der Waals surface area contributed by atoms with E-state index in [1.54, 1.807) is 43.3 Å². The predicted octanol–water partition coefficient (Wildman–Crippen LogP) is 4.49. The Hall–Kier alpha value is -2.95. The van der Waals surface area contributed by atoms with Crippen LogP contribution in [0.4, 0.5) is 10.1 Å². The van der Waals surface area contributed by atoms with Gasteiger partial charge in [-0.05, 0) is 61.6 Å². The lowest BCUT2D eigenvalue weighted by Crippen LogP contribution is -2.36. The van der Waals surface area contributed by atoms with E-state index < -0.39 is 0 Å². The Morgan fingerprint density at radius 1 is 1.00 bits per heavy atom. The van der Waals surface area contributed by atoms with Crippen molar-refractivity contribution in [3.05, 3.63) is 71.6 Å². The zero-order chi connectivity index (χ0) is 19.2. The van der Waals surface area contributed by atoms with Gasteiger partial charge >= 0.3 is 0 Å². The van der Waals surface area contributed by atoms with Crippen molar-refractivity contribution in [2.24, 2.45) is 0 Å². The van der Waals surface area contributed by atoms with Gasteiger partial charge in [-0.3, -0.25) is 9.59 Å². The number of likely N-dealkylation sites (tertiary alicyclic amines) is 1. The number of para-hydroxylation sites is 1. The van der Waals surface area contributed by atoms with Crippen molar-refractivity contribution in [2.75, 3.05) is 18.4 Å². The first-order chi connectivity index (χ1) is 13.0. The van der Waals surface area contributed by atoms with E-state index in [1.807, 2.05) is 4.90 Å². The van der Waals surface area contributed by atoms with Gasteiger partial charge in [-0.1, -0.05) is 24.3 Å². The van der Waals surface area contributed by atoms with Crippen molar-refractivity contribution in [1.29, 1.82) is 0 Å². The number of piperidine rings is 1. The average Bonchev–Trinajstić information content (AvgIpc) is 2.69. The Bertz CT molecular complexity index is 853. The van der Waals surface area contributed by atoms with Gasteiger partial charge in [-0.15, -0.1) is 0 Å². The number of nitrogens with zero attached hydrogens (tertiary/aromatic N) is 1. The molecule has 1 aliphatic heterocycles. The fourth-order valence-electron chi connectivity index (χ4n) is 3.21. The minimum Gasteiger partial charge on any atom is -0.339 e. The van der Waals surface area contributed by atoms with Gasteiger partial charge in [0.1, 0.15) is 5.82 Å². The molecule has 1 saturated heterocycles. The second-order valence-electron chi connectivity index (χ2n) is 6.72. The van der Waals surface area contributed by atoms with Gasteiger partial charge in [-0.25, -0.2) is 4.39 Å². The highest BCUT2D eigenvalue weighted by Gasteiger charge is 2.21. The summed E-state index contributed by atoms with van der Waals surface area (Å²) < 4.78 is 13.0. The molecule has 0 aliphatic carbocycles. The minimum absolute atomic E-state index is 0.0511. The second-order valence-corrected chi connectivity index (χ2v) is 6.72. The summed E-state index contributed by atoms with van der Waals surface area (Å²) in [6.07, 6.45) is 4.63. The van der Waals surface area contributed by atoms with Crippen LogP contribution >= 0.6 is 0 Å². The fraction of sp³-hybridized carbons (Fsp3) is 0.273.